The molecule has 0 bridgehead atoms. The summed E-state index contributed by atoms with van der Waals surface area (Å²) >= 11 is 0. The van der Waals surface area contributed by atoms with Crippen molar-refractivity contribution in [1.82, 2.24) is 9.97 Å². The molecule has 0 aliphatic carbocycles. The normalized spacial score (nSPS) is 10.4. The van der Waals surface area contributed by atoms with Crippen molar-refractivity contribution in [3.63, 3.8) is 0 Å². The first-order valence-corrected chi connectivity index (χ1v) is 6.91. The molecular weight excluding hydrogens is 248 g/mol. The average molecular weight is 270 g/mol. The van der Waals surface area contributed by atoms with Gasteiger partial charge in [0.15, 0.2) is 0 Å². The first-order chi connectivity index (χ1) is 9.60. The number of anilines is 2. The van der Waals surface area contributed by atoms with Crippen molar-refractivity contribution < 1.29 is 0 Å². The van der Waals surface area contributed by atoms with Gasteiger partial charge in [0, 0.05) is 44.8 Å². The predicted molar refractivity (Wildman–Crippen MR) is 84.3 cm³/mol. The van der Waals surface area contributed by atoms with Crippen molar-refractivity contribution in [2.75, 3.05) is 30.4 Å². The molecule has 0 saturated carbocycles. The van der Waals surface area contributed by atoms with E-state index in [9.17, 15) is 0 Å². The molecule has 0 N–H and O–H groups in total. The summed E-state index contributed by atoms with van der Waals surface area (Å²) in [6.07, 6.45) is 1.81. The zero-order chi connectivity index (χ0) is 14.5. The molecule has 0 aliphatic heterocycles. The van der Waals surface area contributed by atoms with E-state index < -0.39 is 0 Å². The largest absolute Gasteiger partial charge is 0.378 e. The molecule has 0 fully saturated rings. The van der Waals surface area contributed by atoms with E-state index in [1.807, 2.05) is 33.3 Å². The molecule has 0 spiro atoms. The summed E-state index contributed by atoms with van der Waals surface area (Å²) in [5.41, 5.74) is 3.47. The second-order valence-electron chi connectivity index (χ2n) is 5.07. The molecular formula is C16H22N4. The van der Waals surface area contributed by atoms with Gasteiger partial charge in [-0.1, -0.05) is 12.1 Å². The molecule has 106 valence electrons. The Hall–Kier alpha value is -2.10. The Kier molecular flexibility index (Phi) is 4.56. The minimum absolute atomic E-state index is 0.796. The number of nitrogens with zero attached hydrogens (tertiary/aromatic N) is 4. The van der Waals surface area contributed by atoms with Crippen LogP contribution in [0.2, 0.25) is 0 Å². The molecule has 0 amide bonds. The molecule has 0 radical (unpaired) electrons. The number of hydrogen-bond donors (Lipinski definition) is 0. The maximum absolute atomic E-state index is 4.49. The summed E-state index contributed by atoms with van der Waals surface area (Å²) in [6.45, 7) is 5.83. The highest BCUT2D eigenvalue weighted by atomic mass is 15.2. The van der Waals surface area contributed by atoms with Gasteiger partial charge in [0.2, 0.25) is 5.95 Å². The fraction of sp³-hybridized carbons (Fsp3) is 0.375. The second kappa shape index (κ2) is 6.37. The molecule has 0 aliphatic rings. The van der Waals surface area contributed by atoms with Crippen LogP contribution in [-0.4, -0.2) is 30.6 Å². The van der Waals surface area contributed by atoms with Crippen LogP contribution in [0.1, 0.15) is 18.2 Å². The van der Waals surface area contributed by atoms with E-state index in [2.05, 4.69) is 51.0 Å². The van der Waals surface area contributed by atoms with Crippen LogP contribution >= 0.6 is 0 Å². The number of aryl methyl sites for hydroxylation is 1. The first kappa shape index (κ1) is 14.3. The Morgan fingerprint density at radius 2 is 1.75 bits per heavy atom. The maximum atomic E-state index is 4.49. The Bertz CT molecular complexity index is 549. The van der Waals surface area contributed by atoms with Crippen LogP contribution in [0.4, 0.5) is 11.6 Å². The molecule has 4 heteroatoms. The van der Waals surface area contributed by atoms with Crippen LogP contribution < -0.4 is 9.80 Å². The quantitative estimate of drug-likeness (QED) is 0.836. The van der Waals surface area contributed by atoms with Gasteiger partial charge >= 0.3 is 0 Å². The van der Waals surface area contributed by atoms with Crippen LogP contribution in [0.3, 0.4) is 0 Å². The fourth-order valence-electron chi connectivity index (χ4n) is 2.03. The van der Waals surface area contributed by atoms with E-state index >= 15 is 0 Å². The number of benzene rings is 1. The highest BCUT2D eigenvalue weighted by Gasteiger charge is 2.08. The third-order valence-corrected chi connectivity index (χ3v) is 3.27. The van der Waals surface area contributed by atoms with Gasteiger partial charge in [-0.25, -0.2) is 9.97 Å². The SMILES string of the molecule is CCN(Cc1ccc(N(C)C)cc1)c1nccc(C)n1. The summed E-state index contributed by atoms with van der Waals surface area (Å²) in [5.74, 6) is 0.796. The maximum Gasteiger partial charge on any atom is 0.225 e. The van der Waals surface area contributed by atoms with Crippen molar-refractivity contribution in [2.45, 2.75) is 20.4 Å². The average Bonchev–Trinajstić information content (AvgIpc) is 2.45. The first-order valence-electron chi connectivity index (χ1n) is 6.91. The van der Waals surface area contributed by atoms with Gasteiger partial charge in [-0.05, 0) is 37.6 Å². The highest BCUT2D eigenvalue weighted by molar-refractivity contribution is 5.46. The third kappa shape index (κ3) is 3.47. The minimum Gasteiger partial charge on any atom is -0.378 e. The summed E-state index contributed by atoms with van der Waals surface area (Å²) < 4.78 is 0. The lowest BCUT2D eigenvalue weighted by Crippen LogP contribution is -2.24. The van der Waals surface area contributed by atoms with E-state index in [1.54, 1.807) is 0 Å². The molecule has 2 aromatic rings. The Morgan fingerprint density at radius 3 is 2.30 bits per heavy atom. The Morgan fingerprint density at radius 1 is 1.05 bits per heavy atom. The van der Waals surface area contributed by atoms with Gasteiger partial charge < -0.3 is 9.80 Å². The molecule has 1 aromatic heterocycles. The third-order valence-electron chi connectivity index (χ3n) is 3.27. The van der Waals surface area contributed by atoms with Crippen LogP contribution in [0, 0.1) is 6.92 Å². The van der Waals surface area contributed by atoms with Gasteiger partial charge in [0.25, 0.3) is 0 Å². The van der Waals surface area contributed by atoms with Crippen molar-refractivity contribution in [3.8, 4) is 0 Å². The van der Waals surface area contributed by atoms with E-state index in [-0.39, 0.29) is 0 Å². The summed E-state index contributed by atoms with van der Waals surface area (Å²) in [6, 6.07) is 10.5. The molecule has 4 nitrogen and oxygen atoms in total. The molecule has 1 aromatic carbocycles. The van der Waals surface area contributed by atoms with Crippen LogP contribution in [0.5, 0.6) is 0 Å². The lowest BCUT2D eigenvalue weighted by Gasteiger charge is -2.21. The molecule has 2 rings (SSSR count). The van der Waals surface area contributed by atoms with Crippen LogP contribution in [0.25, 0.3) is 0 Å². The van der Waals surface area contributed by atoms with E-state index in [0.717, 1.165) is 24.7 Å². The minimum atomic E-state index is 0.796. The standard InChI is InChI=1S/C16H22N4/c1-5-20(16-17-11-10-13(2)18-16)12-14-6-8-15(9-7-14)19(3)4/h6-11H,5,12H2,1-4H3. The second-order valence-corrected chi connectivity index (χ2v) is 5.07. The molecule has 1 heterocycles. The predicted octanol–water partition coefficient (Wildman–Crippen LogP) is 2.88. The van der Waals surface area contributed by atoms with E-state index in [1.165, 1.54) is 11.3 Å². The van der Waals surface area contributed by atoms with Crippen molar-refractivity contribution in [2.24, 2.45) is 0 Å². The Balaban J connectivity index is 2.14. The topological polar surface area (TPSA) is 32.3 Å². The summed E-state index contributed by atoms with van der Waals surface area (Å²) in [7, 11) is 4.10. The lowest BCUT2D eigenvalue weighted by atomic mass is 10.2. The van der Waals surface area contributed by atoms with Crippen LogP contribution in [0.15, 0.2) is 36.5 Å². The van der Waals surface area contributed by atoms with Gasteiger partial charge in [-0.3, -0.25) is 0 Å². The molecule has 0 saturated heterocycles. The number of aromatic nitrogens is 2. The Labute approximate surface area is 121 Å². The zero-order valence-corrected chi connectivity index (χ0v) is 12.7. The number of rotatable bonds is 5. The highest BCUT2D eigenvalue weighted by Crippen LogP contribution is 2.16. The van der Waals surface area contributed by atoms with Crippen molar-refractivity contribution >= 4 is 11.6 Å². The van der Waals surface area contributed by atoms with Gasteiger partial charge in [-0.15, -0.1) is 0 Å². The smallest absolute Gasteiger partial charge is 0.225 e. The van der Waals surface area contributed by atoms with Gasteiger partial charge in [0.05, 0.1) is 0 Å². The molecule has 0 unspecified atom stereocenters. The zero-order valence-electron chi connectivity index (χ0n) is 12.7. The van der Waals surface area contributed by atoms with E-state index in [4.69, 9.17) is 0 Å². The summed E-state index contributed by atoms with van der Waals surface area (Å²) in [5, 5.41) is 0. The molecule has 20 heavy (non-hydrogen) atoms. The van der Waals surface area contributed by atoms with Crippen molar-refractivity contribution in [1.29, 1.82) is 0 Å². The van der Waals surface area contributed by atoms with E-state index in [0.29, 0.717) is 0 Å². The monoisotopic (exact) mass is 270 g/mol. The van der Waals surface area contributed by atoms with Crippen molar-refractivity contribution in [3.05, 3.63) is 47.8 Å². The summed E-state index contributed by atoms with van der Waals surface area (Å²) in [4.78, 5) is 13.1. The van der Waals surface area contributed by atoms with Crippen LogP contribution in [-0.2, 0) is 6.54 Å². The van der Waals surface area contributed by atoms with Gasteiger partial charge in [0.1, 0.15) is 0 Å². The fourth-order valence-corrected chi connectivity index (χ4v) is 2.03. The lowest BCUT2D eigenvalue weighted by molar-refractivity contribution is 0.787. The van der Waals surface area contributed by atoms with Gasteiger partial charge in [-0.2, -0.15) is 0 Å². The molecule has 0 atom stereocenters. The number of hydrogen-bond acceptors (Lipinski definition) is 4.